The number of hydrogen-bond donors (Lipinski definition) is 3. The minimum absolute atomic E-state index is 0.0667. The minimum atomic E-state index is -0.566. The zero-order valence-electron chi connectivity index (χ0n) is 18.8. The van der Waals surface area contributed by atoms with Crippen LogP contribution in [0.5, 0.6) is 0 Å². The Labute approximate surface area is 185 Å². The first-order chi connectivity index (χ1) is 14.8. The number of fused-ring (bicyclic) bond motifs is 1. The summed E-state index contributed by atoms with van der Waals surface area (Å²) in [5.41, 5.74) is 8.59. The molecule has 1 unspecified atom stereocenters. The average molecular weight is 429 g/mol. The van der Waals surface area contributed by atoms with Gasteiger partial charge in [0.25, 0.3) is 5.91 Å². The molecule has 1 atom stereocenters. The van der Waals surface area contributed by atoms with Crippen molar-refractivity contribution in [2.24, 2.45) is 5.73 Å². The maximum absolute atomic E-state index is 13.1. The van der Waals surface area contributed by atoms with E-state index in [0.717, 1.165) is 30.5 Å². The quantitative estimate of drug-likeness (QED) is 0.371. The highest BCUT2D eigenvalue weighted by Gasteiger charge is 2.39. The molecule has 170 valence electrons. The Morgan fingerprint density at radius 3 is 2.61 bits per heavy atom. The molecule has 1 fully saturated rings. The number of nitrogens with one attached hydrogen (secondary N) is 2. The fraction of sp³-hybridized carbons (Fsp3) is 0.625. The van der Waals surface area contributed by atoms with E-state index >= 15 is 0 Å². The molecular formula is C24H36N4O3. The highest BCUT2D eigenvalue weighted by molar-refractivity contribution is 6.05. The topological polar surface area (TPSA) is 105 Å². The lowest BCUT2D eigenvalue weighted by molar-refractivity contribution is -0.136. The van der Waals surface area contributed by atoms with Gasteiger partial charge in [-0.05, 0) is 50.8 Å². The largest absolute Gasteiger partial charge is 0.326 e. The Hall–Kier alpha value is -2.25. The lowest BCUT2D eigenvalue weighted by atomic mass is 9.97. The van der Waals surface area contributed by atoms with Crippen molar-refractivity contribution < 1.29 is 14.4 Å². The molecule has 1 saturated heterocycles. The summed E-state index contributed by atoms with van der Waals surface area (Å²) in [4.78, 5) is 38.3. The van der Waals surface area contributed by atoms with Gasteiger partial charge in [-0.1, -0.05) is 43.9 Å². The van der Waals surface area contributed by atoms with Gasteiger partial charge in [-0.25, -0.2) is 0 Å². The van der Waals surface area contributed by atoms with Crippen LogP contribution in [0.4, 0.5) is 0 Å². The Morgan fingerprint density at radius 2 is 1.87 bits per heavy atom. The van der Waals surface area contributed by atoms with Crippen LogP contribution >= 0.6 is 0 Å². The second-order valence-electron chi connectivity index (χ2n) is 9.53. The van der Waals surface area contributed by atoms with E-state index in [1.165, 1.54) is 25.7 Å². The van der Waals surface area contributed by atoms with Crippen LogP contribution in [0.2, 0.25) is 0 Å². The maximum atomic E-state index is 13.1. The van der Waals surface area contributed by atoms with Gasteiger partial charge in [0.05, 0.1) is 0 Å². The van der Waals surface area contributed by atoms with Crippen molar-refractivity contribution in [3.63, 3.8) is 0 Å². The molecular weight excluding hydrogens is 392 g/mol. The number of rotatable bonds is 11. The average Bonchev–Trinajstić information content (AvgIpc) is 3.03. The zero-order valence-corrected chi connectivity index (χ0v) is 18.8. The molecule has 0 aromatic heterocycles. The van der Waals surface area contributed by atoms with E-state index in [0.29, 0.717) is 25.1 Å². The first kappa shape index (κ1) is 23.4. The van der Waals surface area contributed by atoms with E-state index in [4.69, 9.17) is 5.73 Å². The third-order valence-corrected chi connectivity index (χ3v) is 6.13. The summed E-state index contributed by atoms with van der Waals surface area (Å²) < 4.78 is 0. The van der Waals surface area contributed by atoms with Gasteiger partial charge < -0.3 is 16.0 Å². The predicted octanol–water partition coefficient (Wildman–Crippen LogP) is 2.62. The van der Waals surface area contributed by atoms with Crippen LogP contribution < -0.4 is 16.4 Å². The molecule has 0 spiro atoms. The van der Waals surface area contributed by atoms with Crippen LogP contribution in [0, 0.1) is 0 Å². The predicted molar refractivity (Wildman–Crippen MR) is 120 cm³/mol. The van der Waals surface area contributed by atoms with E-state index in [9.17, 15) is 14.4 Å². The molecule has 0 saturated carbocycles. The monoisotopic (exact) mass is 428 g/mol. The Bertz CT molecular complexity index is 816. The van der Waals surface area contributed by atoms with Crippen LogP contribution in [-0.4, -0.2) is 40.7 Å². The SMILES string of the molecule is CC(C)(N)CCCCCCCNCc1cccc2c1C(=O)N(C1CCC(=O)NC1=O)C2. The zero-order chi connectivity index (χ0) is 22.4. The lowest BCUT2D eigenvalue weighted by Crippen LogP contribution is -2.52. The first-order valence-corrected chi connectivity index (χ1v) is 11.5. The van der Waals surface area contributed by atoms with Gasteiger partial charge in [-0.15, -0.1) is 0 Å². The van der Waals surface area contributed by atoms with E-state index in [1.54, 1.807) is 4.90 Å². The van der Waals surface area contributed by atoms with Gasteiger partial charge in [0.2, 0.25) is 11.8 Å². The van der Waals surface area contributed by atoms with Crippen molar-refractivity contribution in [1.29, 1.82) is 0 Å². The number of carbonyl (C=O) groups is 3. The van der Waals surface area contributed by atoms with Gasteiger partial charge in [0.1, 0.15) is 6.04 Å². The van der Waals surface area contributed by atoms with Gasteiger partial charge >= 0.3 is 0 Å². The number of carbonyl (C=O) groups excluding carboxylic acids is 3. The molecule has 31 heavy (non-hydrogen) atoms. The van der Waals surface area contributed by atoms with Gasteiger partial charge in [-0.2, -0.15) is 0 Å². The number of hydrogen-bond acceptors (Lipinski definition) is 5. The smallest absolute Gasteiger partial charge is 0.255 e. The van der Waals surface area contributed by atoms with Crippen molar-refractivity contribution in [1.82, 2.24) is 15.5 Å². The number of nitrogens with two attached hydrogens (primary N) is 1. The number of nitrogens with zero attached hydrogens (tertiary/aromatic N) is 1. The van der Waals surface area contributed by atoms with Crippen LogP contribution in [-0.2, 0) is 22.7 Å². The van der Waals surface area contributed by atoms with E-state index in [-0.39, 0.29) is 29.7 Å². The summed E-state index contributed by atoms with van der Waals surface area (Å²) in [6.07, 6.45) is 7.64. The third-order valence-electron chi connectivity index (χ3n) is 6.13. The molecule has 1 aromatic rings. The van der Waals surface area contributed by atoms with E-state index in [2.05, 4.69) is 24.5 Å². The molecule has 7 nitrogen and oxygen atoms in total. The number of piperidine rings is 1. The molecule has 7 heteroatoms. The highest BCUT2D eigenvalue weighted by atomic mass is 16.2. The Morgan fingerprint density at radius 1 is 1.13 bits per heavy atom. The molecule has 4 N–H and O–H groups in total. The summed E-state index contributed by atoms with van der Waals surface area (Å²) in [6, 6.07) is 5.33. The van der Waals surface area contributed by atoms with Gasteiger partial charge in [0.15, 0.2) is 0 Å². The van der Waals surface area contributed by atoms with Crippen LogP contribution in [0.1, 0.15) is 86.7 Å². The van der Waals surface area contributed by atoms with E-state index in [1.807, 2.05) is 18.2 Å². The second kappa shape index (κ2) is 10.4. The molecule has 0 aliphatic carbocycles. The molecule has 0 radical (unpaired) electrons. The maximum Gasteiger partial charge on any atom is 0.255 e. The molecule has 0 bridgehead atoms. The van der Waals surface area contributed by atoms with Crippen LogP contribution in [0.15, 0.2) is 18.2 Å². The molecule has 2 heterocycles. The van der Waals surface area contributed by atoms with Crippen molar-refractivity contribution in [2.75, 3.05) is 6.54 Å². The van der Waals surface area contributed by atoms with Gasteiger partial charge in [-0.3, -0.25) is 19.7 Å². The van der Waals surface area contributed by atoms with E-state index < -0.39 is 6.04 Å². The van der Waals surface area contributed by atoms with Crippen LogP contribution in [0.25, 0.3) is 0 Å². The lowest BCUT2D eigenvalue weighted by Gasteiger charge is -2.29. The Kier molecular flexibility index (Phi) is 7.84. The van der Waals surface area contributed by atoms with Crippen molar-refractivity contribution in [3.05, 3.63) is 34.9 Å². The summed E-state index contributed by atoms with van der Waals surface area (Å²) in [5, 5.41) is 5.81. The van der Waals surface area contributed by atoms with Crippen molar-refractivity contribution in [2.45, 2.75) is 89.9 Å². The summed E-state index contributed by atoms with van der Waals surface area (Å²) in [6.45, 7) is 6.13. The first-order valence-electron chi connectivity index (χ1n) is 11.5. The second-order valence-corrected chi connectivity index (χ2v) is 9.53. The standard InChI is InChI=1S/C24H36N4O3/c1-24(2,25)13-6-4-3-5-7-14-26-15-17-9-8-10-18-16-28(23(31)21(17)18)19-11-12-20(29)27-22(19)30/h8-10,19,26H,3-7,11-16,25H2,1-2H3,(H,27,29,30). The number of benzene rings is 1. The molecule has 2 aliphatic rings. The summed E-state index contributed by atoms with van der Waals surface area (Å²) >= 11 is 0. The fourth-order valence-electron chi connectivity index (χ4n) is 4.42. The van der Waals surface area contributed by atoms with Gasteiger partial charge in [0, 0.05) is 30.6 Å². The molecule has 2 aliphatic heterocycles. The normalized spacial score (nSPS) is 19.0. The molecule has 3 amide bonds. The van der Waals surface area contributed by atoms with Crippen molar-refractivity contribution >= 4 is 17.7 Å². The highest BCUT2D eigenvalue weighted by Crippen LogP contribution is 2.29. The number of imide groups is 1. The summed E-state index contributed by atoms with van der Waals surface area (Å²) in [7, 11) is 0. The van der Waals surface area contributed by atoms with Crippen LogP contribution in [0.3, 0.4) is 0 Å². The Balaban J connectivity index is 1.44. The minimum Gasteiger partial charge on any atom is -0.326 e. The number of amides is 3. The third kappa shape index (κ3) is 6.37. The summed E-state index contributed by atoms with van der Waals surface area (Å²) in [5.74, 6) is -0.740. The van der Waals surface area contributed by atoms with Crippen molar-refractivity contribution in [3.8, 4) is 0 Å². The molecule has 1 aromatic carbocycles. The fourth-order valence-corrected chi connectivity index (χ4v) is 4.42. The number of unbranched alkanes of at least 4 members (excludes halogenated alkanes) is 4. The molecule has 3 rings (SSSR count).